The van der Waals surface area contributed by atoms with Crippen LogP contribution < -0.4 is 10.0 Å². The summed E-state index contributed by atoms with van der Waals surface area (Å²) in [5.74, 6) is -0.313. The maximum Gasteiger partial charge on any atom is 0.269 e. The smallest absolute Gasteiger partial charge is 0.269 e. The van der Waals surface area contributed by atoms with Crippen molar-refractivity contribution in [2.45, 2.75) is 43.4 Å². The molecule has 0 radical (unpaired) electrons. The van der Waals surface area contributed by atoms with E-state index in [1.165, 1.54) is 25.3 Å². The highest BCUT2D eigenvalue weighted by molar-refractivity contribution is 7.91. The Morgan fingerprint density at radius 1 is 1.38 bits per heavy atom. The van der Waals surface area contributed by atoms with E-state index in [-0.39, 0.29) is 15.4 Å². The van der Waals surface area contributed by atoms with Crippen LogP contribution in [0.25, 0.3) is 0 Å². The Morgan fingerprint density at radius 3 is 2.86 bits per heavy atom. The van der Waals surface area contributed by atoms with Gasteiger partial charge >= 0.3 is 0 Å². The molecule has 116 valence electrons. The van der Waals surface area contributed by atoms with Crippen LogP contribution in [0, 0.1) is 0 Å². The second kappa shape index (κ2) is 7.10. The lowest BCUT2D eigenvalue weighted by Crippen LogP contribution is -2.25. The van der Waals surface area contributed by atoms with Gasteiger partial charge < -0.3 is 5.32 Å². The van der Waals surface area contributed by atoms with Gasteiger partial charge in [0.15, 0.2) is 0 Å². The number of carbonyl (C=O) groups excluding carboxylic acids is 1. The van der Waals surface area contributed by atoms with Crippen LogP contribution in [-0.2, 0) is 14.8 Å². The fourth-order valence-corrected chi connectivity index (χ4v) is 4.08. The average molecular weight is 330 g/mol. The van der Waals surface area contributed by atoms with Crippen molar-refractivity contribution >= 4 is 32.4 Å². The average Bonchev–Trinajstić information content (AvgIpc) is 2.88. The summed E-state index contributed by atoms with van der Waals surface area (Å²) < 4.78 is 26.5. The lowest BCUT2D eigenvalue weighted by atomic mass is 9.97. The number of allylic oxidation sites excluding steroid dienone is 1. The van der Waals surface area contributed by atoms with Gasteiger partial charge in [-0.2, -0.15) is 0 Å². The zero-order valence-corrected chi connectivity index (χ0v) is 13.4. The first-order valence-electron chi connectivity index (χ1n) is 6.76. The van der Waals surface area contributed by atoms with E-state index < -0.39 is 10.0 Å². The lowest BCUT2D eigenvalue weighted by molar-refractivity contribution is -0.114. The van der Waals surface area contributed by atoms with E-state index in [4.69, 9.17) is 0 Å². The Labute approximate surface area is 127 Å². The molecule has 1 aliphatic rings. The van der Waals surface area contributed by atoms with Gasteiger partial charge in [0.05, 0.1) is 0 Å². The van der Waals surface area contributed by atoms with Crippen LogP contribution >= 0.6 is 11.3 Å². The number of carbonyl (C=O) groups is 1. The standard InChI is InChI=1S/C12H18N4O3S2/c1-9(17)14-11-15-16-12(20-11)21(18,19)13-8-7-10-5-3-2-4-6-10/h5,13H,2-4,6-8H2,1H3,(H,14,15,17). The monoisotopic (exact) mass is 330 g/mol. The van der Waals surface area contributed by atoms with Crippen LogP contribution in [-0.4, -0.2) is 31.1 Å². The molecule has 0 aromatic carbocycles. The number of aromatic nitrogens is 2. The van der Waals surface area contributed by atoms with Crippen molar-refractivity contribution in [3.8, 4) is 0 Å². The molecule has 21 heavy (non-hydrogen) atoms. The molecule has 1 amide bonds. The first-order valence-corrected chi connectivity index (χ1v) is 9.06. The van der Waals surface area contributed by atoms with E-state index >= 15 is 0 Å². The number of hydrogen-bond acceptors (Lipinski definition) is 6. The minimum atomic E-state index is -3.66. The fourth-order valence-electron chi connectivity index (χ4n) is 2.06. The highest BCUT2D eigenvalue weighted by Gasteiger charge is 2.20. The van der Waals surface area contributed by atoms with Gasteiger partial charge in [0.2, 0.25) is 15.4 Å². The van der Waals surface area contributed by atoms with Crippen LogP contribution in [0.3, 0.4) is 0 Å². The Morgan fingerprint density at radius 2 is 2.19 bits per heavy atom. The molecule has 1 aliphatic carbocycles. The number of nitrogens with one attached hydrogen (secondary N) is 2. The molecular weight excluding hydrogens is 312 g/mol. The van der Waals surface area contributed by atoms with Crippen molar-refractivity contribution in [3.05, 3.63) is 11.6 Å². The van der Waals surface area contributed by atoms with Crippen molar-refractivity contribution in [2.75, 3.05) is 11.9 Å². The fraction of sp³-hybridized carbons (Fsp3) is 0.583. The maximum atomic E-state index is 12.0. The molecule has 0 saturated carbocycles. The summed E-state index contributed by atoms with van der Waals surface area (Å²) in [6, 6.07) is 0. The summed E-state index contributed by atoms with van der Waals surface area (Å²) in [7, 11) is -3.66. The van der Waals surface area contributed by atoms with Crippen molar-refractivity contribution < 1.29 is 13.2 Å². The Kier molecular flexibility index (Phi) is 5.43. The molecule has 0 fully saturated rings. The Bertz CT molecular complexity index is 637. The molecule has 1 aromatic heterocycles. The number of hydrogen-bond donors (Lipinski definition) is 2. The van der Waals surface area contributed by atoms with Crippen LogP contribution in [0.15, 0.2) is 16.0 Å². The van der Waals surface area contributed by atoms with Gasteiger partial charge in [0.1, 0.15) is 0 Å². The molecule has 0 unspecified atom stereocenters. The van der Waals surface area contributed by atoms with E-state index in [0.29, 0.717) is 6.54 Å². The number of rotatable bonds is 6. The molecule has 1 aromatic rings. The second-order valence-corrected chi connectivity index (χ2v) is 7.73. The normalized spacial score (nSPS) is 15.6. The second-order valence-electron chi connectivity index (χ2n) is 4.81. The third-order valence-corrected chi connectivity index (χ3v) is 5.71. The van der Waals surface area contributed by atoms with Gasteiger partial charge in [0, 0.05) is 13.5 Å². The van der Waals surface area contributed by atoms with Crippen LogP contribution in [0.1, 0.15) is 39.0 Å². The third-order valence-electron chi connectivity index (χ3n) is 3.04. The summed E-state index contributed by atoms with van der Waals surface area (Å²) >= 11 is 0.835. The molecule has 0 aliphatic heterocycles. The third kappa shape index (κ3) is 4.87. The lowest BCUT2D eigenvalue weighted by Gasteiger charge is -2.12. The largest absolute Gasteiger partial charge is 0.301 e. The molecule has 1 heterocycles. The van der Waals surface area contributed by atoms with Gasteiger partial charge in [-0.25, -0.2) is 13.1 Å². The summed E-state index contributed by atoms with van der Waals surface area (Å²) in [5.41, 5.74) is 1.31. The molecule has 2 N–H and O–H groups in total. The first-order chi connectivity index (χ1) is 9.97. The van der Waals surface area contributed by atoms with Gasteiger partial charge in [-0.05, 0) is 32.1 Å². The molecule has 2 rings (SSSR count). The zero-order chi connectivity index (χ0) is 15.3. The number of sulfonamides is 1. The van der Waals surface area contributed by atoms with E-state index in [0.717, 1.165) is 30.6 Å². The minimum absolute atomic E-state index is 0.135. The van der Waals surface area contributed by atoms with Crippen LogP contribution in [0.4, 0.5) is 5.13 Å². The predicted molar refractivity (Wildman–Crippen MR) is 80.6 cm³/mol. The molecule has 0 spiro atoms. The van der Waals surface area contributed by atoms with E-state index in [9.17, 15) is 13.2 Å². The summed E-state index contributed by atoms with van der Waals surface area (Å²) in [4.78, 5) is 10.9. The Hall–Kier alpha value is -1.32. The SMILES string of the molecule is CC(=O)Nc1nnc(S(=O)(=O)NCCC2=CCCCC2)s1. The Balaban J connectivity index is 1.90. The molecule has 0 saturated heterocycles. The van der Waals surface area contributed by atoms with Gasteiger partial charge in [-0.3, -0.25) is 4.79 Å². The highest BCUT2D eigenvalue weighted by Crippen LogP contribution is 2.21. The van der Waals surface area contributed by atoms with E-state index in [1.807, 2.05) is 0 Å². The molecule has 0 bridgehead atoms. The van der Waals surface area contributed by atoms with Crippen LogP contribution in [0.2, 0.25) is 0 Å². The van der Waals surface area contributed by atoms with Crippen molar-refractivity contribution in [1.82, 2.24) is 14.9 Å². The highest BCUT2D eigenvalue weighted by atomic mass is 32.2. The van der Waals surface area contributed by atoms with Crippen molar-refractivity contribution in [1.29, 1.82) is 0 Å². The molecular formula is C12H18N4O3S2. The van der Waals surface area contributed by atoms with E-state index in [1.54, 1.807) is 0 Å². The van der Waals surface area contributed by atoms with Crippen molar-refractivity contribution in [2.24, 2.45) is 0 Å². The van der Waals surface area contributed by atoms with Gasteiger partial charge in [0.25, 0.3) is 10.0 Å². The number of amides is 1. The van der Waals surface area contributed by atoms with E-state index in [2.05, 4.69) is 26.3 Å². The van der Waals surface area contributed by atoms with Gasteiger partial charge in [-0.1, -0.05) is 23.0 Å². The molecule has 7 nitrogen and oxygen atoms in total. The first kappa shape index (κ1) is 16.1. The van der Waals surface area contributed by atoms with Gasteiger partial charge in [-0.15, -0.1) is 10.2 Å². The number of anilines is 1. The summed E-state index contributed by atoms with van der Waals surface area (Å²) in [6.45, 7) is 1.68. The predicted octanol–water partition coefficient (Wildman–Crippen LogP) is 1.67. The summed E-state index contributed by atoms with van der Waals surface area (Å²) in [6.07, 6.45) is 7.43. The topological polar surface area (TPSA) is 101 Å². The summed E-state index contributed by atoms with van der Waals surface area (Å²) in [5, 5.41) is 9.81. The quantitative estimate of drug-likeness (QED) is 0.610. The van der Waals surface area contributed by atoms with Crippen LogP contribution in [0.5, 0.6) is 0 Å². The molecule has 9 heteroatoms. The van der Waals surface area contributed by atoms with Crippen molar-refractivity contribution in [3.63, 3.8) is 0 Å². The minimum Gasteiger partial charge on any atom is -0.301 e. The zero-order valence-electron chi connectivity index (χ0n) is 11.8. The molecule has 0 atom stereocenters. The number of nitrogens with zero attached hydrogens (tertiary/aromatic N) is 2. The maximum absolute atomic E-state index is 12.0.